The molecular formula is C24H30N2O3. The zero-order chi connectivity index (χ0) is 20.3. The van der Waals surface area contributed by atoms with Crippen molar-refractivity contribution in [3.63, 3.8) is 0 Å². The molecule has 1 N–H and O–H groups in total. The molecule has 2 heterocycles. The van der Waals surface area contributed by atoms with Crippen molar-refractivity contribution in [1.29, 1.82) is 0 Å². The van der Waals surface area contributed by atoms with Gasteiger partial charge in [0.1, 0.15) is 11.7 Å². The number of piperidine rings is 1. The van der Waals surface area contributed by atoms with E-state index in [0.29, 0.717) is 6.54 Å². The van der Waals surface area contributed by atoms with Crippen LogP contribution in [0, 0.1) is 5.92 Å². The van der Waals surface area contributed by atoms with E-state index in [2.05, 4.69) is 4.90 Å². The Bertz CT molecular complexity index is 764. The van der Waals surface area contributed by atoms with Gasteiger partial charge in [-0.25, -0.2) is 4.79 Å². The van der Waals surface area contributed by atoms with Gasteiger partial charge in [-0.2, -0.15) is 0 Å². The number of cyclic esters (lactones) is 1. The summed E-state index contributed by atoms with van der Waals surface area (Å²) in [5.74, 6) is 0.166. The first-order valence-electron chi connectivity index (χ1n) is 10.5. The standard InChI is InChI=1S/C24H30N2O3/c1-25-18-22(29-23(25)27)14-17-26-15-12-21(13-16-26)24(28,19-8-4-2-5-9-19)20-10-6-3-7-11-20/h2-11,21-22,28H,12-18H2,1H3. The van der Waals surface area contributed by atoms with Gasteiger partial charge in [-0.05, 0) is 49.4 Å². The van der Waals surface area contributed by atoms with Crippen LogP contribution in [-0.4, -0.2) is 60.3 Å². The fourth-order valence-corrected chi connectivity index (χ4v) is 4.72. The summed E-state index contributed by atoms with van der Waals surface area (Å²) in [5.41, 5.74) is 0.953. The number of hydrogen-bond acceptors (Lipinski definition) is 4. The van der Waals surface area contributed by atoms with Crippen LogP contribution in [0.5, 0.6) is 0 Å². The van der Waals surface area contributed by atoms with E-state index in [0.717, 1.165) is 50.0 Å². The molecule has 2 aliphatic heterocycles. The van der Waals surface area contributed by atoms with Crippen LogP contribution >= 0.6 is 0 Å². The predicted molar refractivity (Wildman–Crippen MR) is 113 cm³/mol. The number of ether oxygens (including phenoxy) is 1. The molecule has 5 heteroatoms. The number of carbonyl (C=O) groups is 1. The van der Waals surface area contributed by atoms with Gasteiger partial charge >= 0.3 is 6.09 Å². The van der Waals surface area contributed by atoms with E-state index in [9.17, 15) is 9.90 Å². The molecule has 2 aromatic carbocycles. The van der Waals surface area contributed by atoms with Gasteiger partial charge in [0, 0.05) is 13.6 Å². The molecule has 5 nitrogen and oxygen atoms in total. The summed E-state index contributed by atoms with van der Waals surface area (Å²) in [6, 6.07) is 20.1. The fraction of sp³-hybridized carbons (Fsp3) is 0.458. The highest BCUT2D eigenvalue weighted by Crippen LogP contribution is 2.41. The van der Waals surface area contributed by atoms with E-state index in [4.69, 9.17) is 4.74 Å². The number of aliphatic hydroxyl groups is 1. The Morgan fingerprint density at radius 3 is 2.03 bits per heavy atom. The van der Waals surface area contributed by atoms with Crippen molar-refractivity contribution >= 4 is 6.09 Å². The number of benzene rings is 2. The van der Waals surface area contributed by atoms with Crippen LogP contribution in [0.25, 0.3) is 0 Å². The summed E-state index contributed by atoms with van der Waals surface area (Å²) in [7, 11) is 1.78. The molecule has 154 valence electrons. The molecule has 4 rings (SSSR count). The molecule has 1 atom stereocenters. The van der Waals surface area contributed by atoms with Crippen LogP contribution in [-0.2, 0) is 10.3 Å². The quantitative estimate of drug-likeness (QED) is 0.815. The molecule has 1 amide bonds. The van der Waals surface area contributed by atoms with E-state index in [1.54, 1.807) is 11.9 Å². The molecule has 0 radical (unpaired) electrons. The first kappa shape index (κ1) is 19.9. The Morgan fingerprint density at radius 2 is 1.55 bits per heavy atom. The number of carbonyl (C=O) groups excluding carboxylic acids is 1. The van der Waals surface area contributed by atoms with Crippen molar-refractivity contribution in [2.75, 3.05) is 33.2 Å². The van der Waals surface area contributed by atoms with E-state index < -0.39 is 5.60 Å². The predicted octanol–water partition coefficient (Wildman–Crippen LogP) is 3.48. The number of hydrogen-bond donors (Lipinski definition) is 1. The van der Waals surface area contributed by atoms with Crippen LogP contribution in [0.4, 0.5) is 4.79 Å². The summed E-state index contributed by atoms with van der Waals surface area (Å²) in [4.78, 5) is 15.6. The number of amides is 1. The van der Waals surface area contributed by atoms with Crippen molar-refractivity contribution in [3.05, 3.63) is 71.8 Å². The second-order valence-corrected chi connectivity index (χ2v) is 8.29. The summed E-state index contributed by atoms with van der Waals surface area (Å²) in [5, 5.41) is 11.9. The Kier molecular flexibility index (Phi) is 5.88. The smallest absolute Gasteiger partial charge is 0.409 e. The third kappa shape index (κ3) is 4.16. The lowest BCUT2D eigenvalue weighted by Gasteiger charge is -2.42. The second kappa shape index (κ2) is 8.56. The fourth-order valence-electron chi connectivity index (χ4n) is 4.72. The van der Waals surface area contributed by atoms with Crippen molar-refractivity contribution in [1.82, 2.24) is 9.80 Å². The van der Waals surface area contributed by atoms with Gasteiger partial charge < -0.3 is 19.6 Å². The lowest BCUT2D eigenvalue weighted by atomic mass is 9.72. The van der Waals surface area contributed by atoms with Gasteiger partial charge in [-0.15, -0.1) is 0 Å². The van der Waals surface area contributed by atoms with E-state index in [1.807, 2.05) is 60.7 Å². The Hall–Kier alpha value is -2.37. The highest BCUT2D eigenvalue weighted by molar-refractivity contribution is 5.69. The largest absolute Gasteiger partial charge is 0.444 e. The minimum atomic E-state index is -0.974. The van der Waals surface area contributed by atoms with Crippen molar-refractivity contribution in [3.8, 4) is 0 Å². The average Bonchev–Trinajstić information content (AvgIpc) is 3.10. The van der Waals surface area contributed by atoms with Crippen molar-refractivity contribution in [2.24, 2.45) is 5.92 Å². The number of nitrogens with zero attached hydrogens (tertiary/aromatic N) is 2. The van der Waals surface area contributed by atoms with Crippen molar-refractivity contribution in [2.45, 2.75) is 31.0 Å². The zero-order valence-electron chi connectivity index (χ0n) is 17.0. The molecule has 0 aliphatic carbocycles. The highest BCUT2D eigenvalue weighted by atomic mass is 16.6. The molecule has 29 heavy (non-hydrogen) atoms. The molecule has 1 unspecified atom stereocenters. The van der Waals surface area contributed by atoms with Gasteiger partial charge in [0.05, 0.1) is 6.54 Å². The molecule has 2 saturated heterocycles. The monoisotopic (exact) mass is 394 g/mol. The maximum atomic E-state index is 11.9. The van der Waals surface area contributed by atoms with E-state index in [1.165, 1.54) is 0 Å². The summed E-state index contributed by atoms with van der Waals surface area (Å²) >= 11 is 0. The van der Waals surface area contributed by atoms with Crippen LogP contribution in [0.3, 0.4) is 0 Å². The summed E-state index contributed by atoms with van der Waals surface area (Å²) < 4.78 is 5.38. The van der Waals surface area contributed by atoms with E-state index >= 15 is 0 Å². The average molecular weight is 395 g/mol. The minimum absolute atomic E-state index is 0.00389. The molecule has 2 aliphatic rings. The topological polar surface area (TPSA) is 53.0 Å². The Morgan fingerprint density at radius 1 is 1.00 bits per heavy atom. The molecule has 0 saturated carbocycles. The maximum Gasteiger partial charge on any atom is 0.409 e. The Labute approximate surface area is 172 Å². The summed E-state index contributed by atoms with van der Waals surface area (Å²) in [6.07, 6.45) is 2.51. The number of likely N-dealkylation sites (N-methyl/N-ethyl adjacent to an activating group) is 1. The lowest BCUT2D eigenvalue weighted by Crippen LogP contribution is -2.44. The lowest BCUT2D eigenvalue weighted by molar-refractivity contribution is -0.0154. The third-order valence-electron chi connectivity index (χ3n) is 6.43. The summed E-state index contributed by atoms with van der Waals surface area (Å²) in [6.45, 7) is 3.50. The number of likely N-dealkylation sites (tertiary alicyclic amines) is 1. The third-order valence-corrected chi connectivity index (χ3v) is 6.43. The molecule has 0 aromatic heterocycles. The van der Waals surface area contributed by atoms with Crippen LogP contribution in [0.1, 0.15) is 30.4 Å². The van der Waals surface area contributed by atoms with Crippen LogP contribution < -0.4 is 0 Å². The van der Waals surface area contributed by atoms with Gasteiger partial charge in [-0.1, -0.05) is 60.7 Å². The maximum absolute atomic E-state index is 11.9. The normalized spacial score (nSPS) is 21.4. The number of rotatable bonds is 6. The zero-order valence-corrected chi connectivity index (χ0v) is 17.0. The van der Waals surface area contributed by atoms with Gasteiger partial charge in [0.2, 0.25) is 0 Å². The van der Waals surface area contributed by atoms with Gasteiger partial charge in [-0.3, -0.25) is 0 Å². The Balaban J connectivity index is 1.42. The first-order valence-corrected chi connectivity index (χ1v) is 10.5. The second-order valence-electron chi connectivity index (χ2n) is 8.29. The SMILES string of the molecule is CN1CC(CCN2CCC(C(O)(c3ccccc3)c3ccccc3)CC2)OC1=O. The highest BCUT2D eigenvalue weighted by Gasteiger charge is 2.41. The molecule has 0 spiro atoms. The molecular weight excluding hydrogens is 364 g/mol. The van der Waals surface area contributed by atoms with Gasteiger partial charge in [0.25, 0.3) is 0 Å². The van der Waals surface area contributed by atoms with E-state index in [-0.39, 0.29) is 18.1 Å². The minimum Gasteiger partial charge on any atom is -0.444 e. The van der Waals surface area contributed by atoms with Crippen molar-refractivity contribution < 1.29 is 14.6 Å². The first-order chi connectivity index (χ1) is 14.1. The molecule has 2 aromatic rings. The van der Waals surface area contributed by atoms with Crippen LogP contribution in [0.15, 0.2) is 60.7 Å². The molecule has 2 fully saturated rings. The van der Waals surface area contributed by atoms with Gasteiger partial charge in [0.15, 0.2) is 0 Å². The molecule has 0 bridgehead atoms. The van der Waals surface area contributed by atoms with Crippen LogP contribution in [0.2, 0.25) is 0 Å².